The van der Waals surface area contributed by atoms with Gasteiger partial charge < -0.3 is 5.73 Å². The van der Waals surface area contributed by atoms with E-state index in [1.165, 1.54) is 16.4 Å². The fourth-order valence-corrected chi connectivity index (χ4v) is 4.38. The molecule has 6 heteroatoms. The Morgan fingerprint density at radius 2 is 1.95 bits per heavy atom. The van der Waals surface area contributed by atoms with Crippen LogP contribution in [0.5, 0.6) is 0 Å². The second kappa shape index (κ2) is 6.02. The Balaban J connectivity index is 2.30. The summed E-state index contributed by atoms with van der Waals surface area (Å²) >= 11 is 0. The summed E-state index contributed by atoms with van der Waals surface area (Å²) in [6, 6.07) is 3.76. The first-order chi connectivity index (χ1) is 9.82. The molecule has 2 N–H and O–H groups in total. The van der Waals surface area contributed by atoms with Crippen molar-refractivity contribution in [2.75, 3.05) is 13.1 Å². The average molecular weight is 314 g/mol. The number of nitrogens with two attached hydrogens (primary N) is 1. The molecule has 0 bridgehead atoms. The minimum atomic E-state index is -3.67. The maximum absolute atomic E-state index is 13.4. The van der Waals surface area contributed by atoms with E-state index >= 15 is 0 Å². The van der Waals surface area contributed by atoms with Crippen molar-refractivity contribution in [1.29, 1.82) is 0 Å². The number of rotatable bonds is 4. The Morgan fingerprint density at radius 1 is 1.33 bits per heavy atom. The first-order valence-corrected chi connectivity index (χ1v) is 8.75. The molecule has 1 saturated heterocycles. The van der Waals surface area contributed by atoms with Gasteiger partial charge in [0.15, 0.2) is 0 Å². The molecule has 21 heavy (non-hydrogen) atoms. The van der Waals surface area contributed by atoms with E-state index in [2.05, 4.69) is 13.8 Å². The number of sulfonamides is 1. The number of halogens is 1. The summed E-state index contributed by atoms with van der Waals surface area (Å²) in [6.45, 7) is 5.35. The van der Waals surface area contributed by atoms with Crippen molar-refractivity contribution >= 4 is 10.0 Å². The average Bonchev–Trinajstić information content (AvgIpc) is 2.47. The van der Waals surface area contributed by atoms with Crippen LogP contribution in [0, 0.1) is 11.2 Å². The van der Waals surface area contributed by atoms with Crippen molar-refractivity contribution in [3.8, 4) is 0 Å². The van der Waals surface area contributed by atoms with Crippen molar-refractivity contribution in [2.24, 2.45) is 11.1 Å². The van der Waals surface area contributed by atoms with Crippen LogP contribution >= 0.6 is 0 Å². The van der Waals surface area contributed by atoms with Gasteiger partial charge in [0.05, 0.1) is 4.90 Å². The third-order valence-corrected chi connectivity index (χ3v) is 6.63. The summed E-state index contributed by atoms with van der Waals surface area (Å²) in [5.74, 6) is -0.554. The van der Waals surface area contributed by atoms with Gasteiger partial charge in [-0.25, -0.2) is 12.8 Å². The molecule has 1 aromatic rings. The highest BCUT2D eigenvalue weighted by molar-refractivity contribution is 7.89. The highest BCUT2D eigenvalue weighted by Gasteiger charge is 2.35. The number of nitrogens with zero attached hydrogens (tertiary/aromatic N) is 1. The third-order valence-electron chi connectivity index (χ3n) is 4.65. The zero-order valence-corrected chi connectivity index (χ0v) is 13.4. The largest absolute Gasteiger partial charge is 0.326 e. The van der Waals surface area contributed by atoms with Crippen LogP contribution in [-0.2, 0) is 16.6 Å². The lowest BCUT2D eigenvalue weighted by Crippen LogP contribution is -2.42. The zero-order valence-electron chi connectivity index (χ0n) is 12.6. The fraction of sp³-hybridized carbons (Fsp3) is 0.600. The van der Waals surface area contributed by atoms with Gasteiger partial charge in [-0.1, -0.05) is 26.3 Å². The van der Waals surface area contributed by atoms with E-state index in [1.54, 1.807) is 0 Å². The van der Waals surface area contributed by atoms with Gasteiger partial charge in [-0.3, -0.25) is 0 Å². The molecular weight excluding hydrogens is 291 g/mol. The molecule has 0 saturated carbocycles. The normalized spacial score (nSPS) is 19.6. The standard InChI is InChI=1S/C15H23FN2O2S/c1-3-15(2)6-8-18(9-7-15)21(19,20)14-10-13(16)5-4-12(14)11-17/h4-5,10H,3,6-9,11,17H2,1-2H3. The summed E-state index contributed by atoms with van der Waals surface area (Å²) in [7, 11) is -3.67. The molecule has 0 radical (unpaired) electrons. The molecule has 1 heterocycles. The number of hydrogen-bond donors (Lipinski definition) is 1. The lowest BCUT2D eigenvalue weighted by atomic mass is 9.79. The molecule has 0 aromatic heterocycles. The van der Waals surface area contributed by atoms with Crippen molar-refractivity contribution in [3.63, 3.8) is 0 Å². The van der Waals surface area contributed by atoms with Crippen LogP contribution in [0.4, 0.5) is 4.39 Å². The van der Waals surface area contributed by atoms with Crippen LogP contribution < -0.4 is 5.73 Å². The molecule has 1 aliphatic heterocycles. The number of piperidine rings is 1. The second-order valence-electron chi connectivity index (χ2n) is 6.02. The first kappa shape index (κ1) is 16.4. The van der Waals surface area contributed by atoms with Gasteiger partial charge in [-0.05, 0) is 36.0 Å². The van der Waals surface area contributed by atoms with Crippen molar-refractivity contribution in [2.45, 2.75) is 44.6 Å². The molecule has 1 aromatic carbocycles. The van der Waals surface area contributed by atoms with E-state index in [4.69, 9.17) is 5.73 Å². The van der Waals surface area contributed by atoms with E-state index in [0.29, 0.717) is 18.7 Å². The van der Waals surface area contributed by atoms with E-state index in [0.717, 1.165) is 25.3 Å². The molecule has 1 aliphatic rings. The van der Waals surface area contributed by atoms with Crippen LogP contribution in [-0.4, -0.2) is 25.8 Å². The van der Waals surface area contributed by atoms with Crippen molar-refractivity contribution in [3.05, 3.63) is 29.6 Å². The van der Waals surface area contributed by atoms with Gasteiger partial charge >= 0.3 is 0 Å². The molecule has 118 valence electrons. The maximum Gasteiger partial charge on any atom is 0.243 e. The van der Waals surface area contributed by atoms with Crippen molar-refractivity contribution in [1.82, 2.24) is 4.31 Å². The van der Waals surface area contributed by atoms with Crippen LogP contribution in [0.25, 0.3) is 0 Å². The van der Waals surface area contributed by atoms with Crippen molar-refractivity contribution < 1.29 is 12.8 Å². The Morgan fingerprint density at radius 3 is 2.48 bits per heavy atom. The monoisotopic (exact) mass is 314 g/mol. The number of hydrogen-bond acceptors (Lipinski definition) is 3. The summed E-state index contributed by atoms with van der Waals surface area (Å²) in [4.78, 5) is 0.00472. The Hall–Kier alpha value is -0.980. The van der Waals surface area contributed by atoms with Gasteiger partial charge in [-0.15, -0.1) is 0 Å². The summed E-state index contributed by atoms with van der Waals surface area (Å²) in [5.41, 5.74) is 6.24. The quantitative estimate of drug-likeness (QED) is 0.928. The lowest BCUT2D eigenvalue weighted by Gasteiger charge is -2.38. The van der Waals surface area contributed by atoms with E-state index in [1.807, 2.05) is 0 Å². The Labute approximate surface area is 126 Å². The maximum atomic E-state index is 13.4. The van der Waals surface area contributed by atoms with Gasteiger partial charge in [0.2, 0.25) is 10.0 Å². The van der Waals surface area contributed by atoms with E-state index in [9.17, 15) is 12.8 Å². The number of benzene rings is 1. The predicted molar refractivity (Wildman–Crippen MR) is 80.7 cm³/mol. The van der Waals surface area contributed by atoms with E-state index in [-0.39, 0.29) is 16.9 Å². The topological polar surface area (TPSA) is 63.4 Å². The van der Waals surface area contributed by atoms with Crippen LogP contribution in [0.15, 0.2) is 23.1 Å². The minimum Gasteiger partial charge on any atom is -0.326 e. The summed E-state index contributed by atoms with van der Waals surface area (Å²) < 4.78 is 40.3. The zero-order chi connectivity index (χ0) is 15.7. The Bertz CT molecular complexity index is 608. The predicted octanol–water partition coefficient (Wildman–Crippen LogP) is 2.49. The van der Waals surface area contributed by atoms with E-state index < -0.39 is 15.8 Å². The second-order valence-corrected chi connectivity index (χ2v) is 7.93. The molecular formula is C15H23FN2O2S. The summed E-state index contributed by atoms with van der Waals surface area (Å²) in [6.07, 6.45) is 2.70. The molecule has 0 amide bonds. The van der Waals surface area contributed by atoms with Gasteiger partial charge in [-0.2, -0.15) is 4.31 Å². The van der Waals surface area contributed by atoms with Crippen LogP contribution in [0.1, 0.15) is 38.7 Å². The fourth-order valence-electron chi connectivity index (χ4n) is 2.70. The van der Waals surface area contributed by atoms with Crippen LogP contribution in [0.2, 0.25) is 0 Å². The molecule has 0 unspecified atom stereocenters. The van der Waals surface area contributed by atoms with Gasteiger partial charge in [0.1, 0.15) is 5.82 Å². The molecule has 0 aliphatic carbocycles. The van der Waals surface area contributed by atoms with Gasteiger partial charge in [0.25, 0.3) is 0 Å². The summed E-state index contributed by atoms with van der Waals surface area (Å²) in [5, 5.41) is 0. The first-order valence-electron chi connectivity index (χ1n) is 7.31. The van der Waals surface area contributed by atoms with Crippen LogP contribution in [0.3, 0.4) is 0 Å². The molecule has 2 rings (SSSR count). The molecule has 0 atom stereocenters. The smallest absolute Gasteiger partial charge is 0.243 e. The molecule has 4 nitrogen and oxygen atoms in total. The molecule has 0 spiro atoms. The SMILES string of the molecule is CCC1(C)CCN(S(=O)(=O)c2cc(F)ccc2CN)CC1. The third kappa shape index (κ3) is 3.27. The lowest BCUT2D eigenvalue weighted by molar-refractivity contribution is 0.169. The molecule has 1 fully saturated rings. The Kier molecular flexibility index (Phi) is 4.70. The highest BCUT2D eigenvalue weighted by atomic mass is 32.2. The minimum absolute atomic E-state index is 0.00472. The van der Waals surface area contributed by atoms with Gasteiger partial charge in [0, 0.05) is 19.6 Å². The highest BCUT2D eigenvalue weighted by Crippen LogP contribution is 2.36.